The van der Waals surface area contributed by atoms with Gasteiger partial charge in [-0.2, -0.15) is 0 Å². The Hall–Kier alpha value is -5.92. The van der Waals surface area contributed by atoms with Crippen LogP contribution in [0.25, 0.3) is 67.3 Å². The van der Waals surface area contributed by atoms with Gasteiger partial charge in [0, 0.05) is 5.41 Å². The van der Waals surface area contributed by atoms with Gasteiger partial charge in [0.25, 0.3) is 0 Å². The molecular weight excluding hydrogens is 989 g/mol. The zero-order valence-electron chi connectivity index (χ0n) is 51.3. The van der Waals surface area contributed by atoms with Crippen molar-refractivity contribution in [3.05, 3.63) is 186 Å². The van der Waals surface area contributed by atoms with E-state index in [1.165, 1.54) is 277 Å². The first kappa shape index (κ1) is 60.7. The van der Waals surface area contributed by atoms with E-state index in [4.69, 9.17) is 4.74 Å². The fourth-order valence-electron chi connectivity index (χ4n) is 13.9. The SMILES string of the molecule is CCCCCCCCCCCCOc1ccc(C=C2c3cc(-c4ccccc4)ccc3-c3ccc(-c4ccc5c(c4)C(CCCCCCCCCCCC)(CCCCCCCCCCCC)c4cc(-c6ccccc6)ccc4-5)cc32)cc1. The molecule has 432 valence electrons. The van der Waals surface area contributed by atoms with Gasteiger partial charge in [-0.05, 0) is 151 Å². The van der Waals surface area contributed by atoms with Gasteiger partial charge in [-0.15, -0.1) is 0 Å². The van der Waals surface area contributed by atoms with Crippen LogP contribution >= 0.6 is 0 Å². The van der Waals surface area contributed by atoms with Crippen LogP contribution in [0.1, 0.15) is 254 Å². The molecule has 2 aliphatic rings. The molecule has 0 saturated carbocycles. The van der Waals surface area contributed by atoms with Gasteiger partial charge in [-0.1, -0.05) is 328 Å². The van der Waals surface area contributed by atoms with Crippen LogP contribution in [0.5, 0.6) is 5.75 Å². The Morgan fingerprint density at radius 3 is 1.05 bits per heavy atom. The van der Waals surface area contributed by atoms with Gasteiger partial charge in [0.1, 0.15) is 5.75 Å². The normalized spacial score (nSPS) is 13.3. The predicted molar refractivity (Wildman–Crippen MR) is 358 cm³/mol. The van der Waals surface area contributed by atoms with Crippen molar-refractivity contribution in [3.8, 4) is 61.4 Å². The molecule has 0 fully saturated rings. The summed E-state index contributed by atoms with van der Waals surface area (Å²) in [5, 5.41) is 0. The predicted octanol–water partition coefficient (Wildman–Crippen LogP) is 25.4. The van der Waals surface area contributed by atoms with E-state index >= 15 is 0 Å². The molecule has 0 aromatic heterocycles. The highest BCUT2D eigenvalue weighted by Crippen LogP contribution is 2.56. The number of hydrogen-bond donors (Lipinski definition) is 0. The monoisotopic (exact) mass is 1090 g/mol. The van der Waals surface area contributed by atoms with Gasteiger partial charge < -0.3 is 4.74 Å². The van der Waals surface area contributed by atoms with Gasteiger partial charge in [0.2, 0.25) is 0 Å². The van der Waals surface area contributed by atoms with Crippen LogP contribution in [0.4, 0.5) is 0 Å². The summed E-state index contributed by atoms with van der Waals surface area (Å²) in [5.41, 5.74) is 21.6. The third-order valence-corrected chi connectivity index (χ3v) is 18.7. The second-order valence-electron chi connectivity index (χ2n) is 24.9. The van der Waals surface area contributed by atoms with Crippen LogP contribution in [-0.2, 0) is 5.41 Å². The molecule has 0 aliphatic heterocycles. The maximum Gasteiger partial charge on any atom is 0.119 e. The summed E-state index contributed by atoms with van der Waals surface area (Å²) < 4.78 is 6.33. The lowest BCUT2D eigenvalue weighted by molar-refractivity contribution is 0.304. The lowest BCUT2D eigenvalue weighted by Crippen LogP contribution is -2.25. The summed E-state index contributed by atoms with van der Waals surface area (Å²) in [4.78, 5) is 0. The van der Waals surface area contributed by atoms with E-state index in [0.717, 1.165) is 18.8 Å². The van der Waals surface area contributed by atoms with E-state index in [1.54, 1.807) is 11.1 Å². The van der Waals surface area contributed by atoms with E-state index in [9.17, 15) is 0 Å². The van der Waals surface area contributed by atoms with E-state index in [1.807, 2.05) is 0 Å². The number of unbranched alkanes of at least 4 members (excludes halogenated alkanes) is 27. The van der Waals surface area contributed by atoms with Crippen LogP contribution in [0, 0.1) is 0 Å². The number of ether oxygens (including phenoxy) is 1. The highest BCUT2D eigenvalue weighted by molar-refractivity contribution is 6.08. The van der Waals surface area contributed by atoms with Crippen LogP contribution in [0.2, 0.25) is 0 Å². The highest BCUT2D eigenvalue weighted by atomic mass is 16.5. The number of fused-ring (bicyclic) bond motifs is 6. The van der Waals surface area contributed by atoms with Crippen molar-refractivity contribution in [1.82, 2.24) is 0 Å². The summed E-state index contributed by atoms with van der Waals surface area (Å²) in [7, 11) is 0. The second-order valence-corrected chi connectivity index (χ2v) is 24.9. The third kappa shape index (κ3) is 16.5. The summed E-state index contributed by atoms with van der Waals surface area (Å²) in [6.45, 7) is 7.73. The molecule has 2 aliphatic carbocycles. The molecule has 1 nitrogen and oxygen atoms in total. The maximum atomic E-state index is 6.33. The van der Waals surface area contributed by atoms with E-state index < -0.39 is 0 Å². The van der Waals surface area contributed by atoms with Gasteiger partial charge in [0.15, 0.2) is 0 Å². The van der Waals surface area contributed by atoms with Crippen LogP contribution < -0.4 is 4.74 Å². The molecule has 0 amide bonds. The first-order valence-electron chi connectivity index (χ1n) is 33.7. The van der Waals surface area contributed by atoms with Crippen molar-refractivity contribution in [1.29, 1.82) is 0 Å². The molecule has 82 heavy (non-hydrogen) atoms. The van der Waals surface area contributed by atoms with Crippen molar-refractivity contribution >= 4 is 11.6 Å². The van der Waals surface area contributed by atoms with Gasteiger partial charge in [-0.3, -0.25) is 0 Å². The smallest absolute Gasteiger partial charge is 0.119 e. The zero-order valence-corrected chi connectivity index (χ0v) is 51.3. The fraction of sp³-hybridized carbons (Fsp3) is 0.457. The Labute approximate surface area is 498 Å². The third-order valence-electron chi connectivity index (χ3n) is 18.7. The fourth-order valence-corrected chi connectivity index (χ4v) is 13.9. The lowest BCUT2D eigenvalue weighted by atomic mass is 9.70. The van der Waals surface area contributed by atoms with Crippen molar-refractivity contribution in [2.75, 3.05) is 6.61 Å². The molecule has 0 heterocycles. The van der Waals surface area contributed by atoms with Crippen LogP contribution in [0.3, 0.4) is 0 Å². The molecule has 1 heteroatoms. The van der Waals surface area contributed by atoms with Crippen molar-refractivity contribution < 1.29 is 4.74 Å². The van der Waals surface area contributed by atoms with Crippen LogP contribution in [-0.4, -0.2) is 6.61 Å². The van der Waals surface area contributed by atoms with E-state index in [0.29, 0.717) is 0 Å². The quantitative estimate of drug-likeness (QED) is 0.0351. The summed E-state index contributed by atoms with van der Waals surface area (Å²) >= 11 is 0. The number of hydrogen-bond acceptors (Lipinski definition) is 1. The van der Waals surface area contributed by atoms with Gasteiger partial charge in [-0.25, -0.2) is 0 Å². The standard InChI is InChI=1S/C81H102O/c1-4-7-10-13-16-19-22-25-28-37-56-81(57-38-29-26-23-20-17-14-11-8-5-2)79-62-69(66-42-35-32-36-43-66)48-54-74(79)75-55-49-70(63-80(75)81)68-47-53-73-72-52-46-67(65-40-33-31-34-41-65)60-77(72)76(78(73)61-68)59-64-44-50-71(51-45-64)82-58-39-30-27-24-21-18-15-12-9-6-3/h31-36,40-55,59-63H,4-30,37-39,56-58H2,1-3H3. The van der Waals surface area contributed by atoms with Crippen molar-refractivity contribution in [2.24, 2.45) is 0 Å². The Morgan fingerprint density at radius 2 is 0.634 bits per heavy atom. The first-order chi connectivity index (χ1) is 40.6. The van der Waals surface area contributed by atoms with Gasteiger partial charge in [0.05, 0.1) is 6.61 Å². The topological polar surface area (TPSA) is 9.23 Å². The average Bonchev–Trinajstić information content (AvgIpc) is 2.75. The molecule has 0 N–H and O–H groups in total. The summed E-state index contributed by atoms with van der Waals surface area (Å²) in [5.74, 6) is 0.964. The molecule has 0 radical (unpaired) electrons. The van der Waals surface area contributed by atoms with Gasteiger partial charge >= 0.3 is 0 Å². The summed E-state index contributed by atoms with van der Waals surface area (Å²) in [6, 6.07) is 60.6. The molecule has 7 aromatic rings. The van der Waals surface area contributed by atoms with E-state index in [2.05, 4.69) is 185 Å². The Balaban J connectivity index is 1.00. The highest BCUT2D eigenvalue weighted by Gasteiger charge is 2.43. The molecule has 0 saturated heterocycles. The molecule has 0 atom stereocenters. The molecule has 0 unspecified atom stereocenters. The van der Waals surface area contributed by atoms with Crippen molar-refractivity contribution in [2.45, 2.75) is 232 Å². The largest absolute Gasteiger partial charge is 0.494 e. The van der Waals surface area contributed by atoms with Crippen LogP contribution in [0.15, 0.2) is 158 Å². The minimum absolute atomic E-state index is 0.0270. The zero-order chi connectivity index (χ0) is 56.4. The summed E-state index contributed by atoms with van der Waals surface area (Å²) in [6.07, 6.45) is 45.4. The average molecular weight is 1090 g/mol. The Kier molecular flexibility index (Phi) is 24.3. The molecule has 0 spiro atoms. The molecule has 7 aromatic carbocycles. The number of rotatable bonds is 38. The van der Waals surface area contributed by atoms with E-state index in [-0.39, 0.29) is 5.41 Å². The Bertz CT molecular complexity index is 2990. The minimum atomic E-state index is -0.0270. The molecule has 0 bridgehead atoms. The lowest BCUT2D eigenvalue weighted by Gasteiger charge is -2.33. The Morgan fingerprint density at radius 1 is 0.293 bits per heavy atom. The van der Waals surface area contributed by atoms with Crippen molar-refractivity contribution in [3.63, 3.8) is 0 Å². The maximum absolute atomic E-state index is 6.33. The number of benzene rings is 7. The molecule has 9 rings (SSSR count). The minimum Gasteiger partial charge on any atom is -0.494 e. The second kappa shape index (κ2) is 32.8. The molecular formula is C81H102O. The first-order valence-corrected chi connectivity index (χ1v) is 33.7.